The number of halogens is 1. The summed E-state index contributed by atoms with van der Waals surface area (Å²) < 4.78 is 0. The summed E-state index contributed by atoms with van der Waals surface area (Å²) in [6.07, 6.45) is 4.07. The number of amides is 3. The molecule has 2 heterocycles. The van der Waals surface area contributed by atoms with Crippen molar-refractivity contribution in [1.29, 1.82) is 0 Å². The molecule has 206 valence electrons. The second-order valence-electron chi connectivity index (χ2n) is 9.13. The largest absolute Gasteiger partial charge is 0.354 e. The lowest BCUT2D eigenvalue weighted by Crippen LogP contribution is -2.49. The lowest BCUT2D eigenvalue weighted by molar-refractivity contribution is -0.129. The fourth-order valence-corrected chi connectivity index (χ4v) is 3.80. The van der Waals surface area contributed by atoms with Crippen molar-refractivity contribution in [3.8, 4) is 0 Å². The number of rotatable bonds is 14. The predicted molar refractivity (Wildman–Crippen MR) is 150 cm³/mol. The number of pyridine rings is 2. The number of nitrogens with one attached hydrogen (secondary N) is 4. The zero-order valence-corrected chi connectivity index (χ0v) is 22.8. The van der Waals surface area contributed by atoms with E-state index in [2.05, 4.69) is 30.8 Å². The highest BCUT2D eigenvalue weighted by Crippen LogP contribution is 2.12. The molecule has 0 saturated carbocycles. The van der Waals surface area contributed by atoms with Crippen LogP contribution in [0.15, 0.2) is 73.1 Å². The van der Waals surface area contributed by atoms with Crippen molar-refractivity contribution < 1.29 is 14.4 Å². The molecule has 0 radical (unpaired) electrons. The van der Waals surface area contributed by atoms with Gasteiger partial charge in [-0.3, -0.25) is 29.3 Å². The van der Waals surface area contributed by atoms with Gasteiger partial charge < -0.3 is 16.0 Å². The lowest BCUT2D eigenvalue weighted by atomic mass is 10.1. The third kappa shape index (κ3) is 10.4. The number of hydrogen-bond acceptors (Lipinski definition) is 7. The Morgan fingerprint density at radius 3 is 2.00 bits per heavy atom. The molecular weight excluding hydrogens is 518 g/mol. The van der Waals surface area contributed by atoms with Gasteiger partial charge in [0.05, 0.1) is 24.0 Å². The summed E-state index contributed by atoms with van der Waals surface area (Å²) in [5, 5.41) is 8.35. The SMILES string of the molecule is C[C@@H](NCl)C(=O)N[C@H](C)C(=O)NCCc1ccc(NC(=O)CN(Cc2ccccn2)Cc2ccccn2)cc1. The second-order valence-corrected chi connectivity index (χ2v) is 9.35. The maximum atomic E-state index is 12.9. The molecule has 2 atom stereocenters. The average molecular weight is 552 g/mol. The van der Waals surface area contributed by atoms with Gasteiger partial charge in [0, 0.05) is 37.7 Å². The first-order valence-corrected chi connectivity index (χ1v) is 13.1. The normalized spacial score (nSPS) is 12.4. The van der Waals surface area contributed by atoms with Crippen molar-refractivity contribution >= 4 is 35.2 Å². The Morgan fingerprint density at radius 1 is 0.846 bits per heavy atom. The molecule has 0 aliphatic heterocycles. The third-order valence-corrected chi connectivity index (χ3v) is 6.18. The molecule has 3 amide bonds. The van der Waals surface area contributed by atoms with Crippen LogP contribution in [0.25, 0.3) is 0 Å². The smallest absolute Gasteiger partial charge is 0.242 e. The van der Waals surface area contributed by atoms with Gasteiger partial charge in [0.25, 0.3) is 0 Å². The van der Waals surface area contributed by atoms with Gasteiger partial charge in [-0.1, -0.05) is 24.3 Å². The van der Waals surface area contributed by atoms with Crippen molar-refractivity contribution in [2.75, 3.05) is 18.4 Å². The summed E-state index contributed by atoms with van der Waals surface area (Å²) in [5.74, 6) is -0.784. The van der Waals surface area contributed by atoms with Crippen LogP contribution in [0, 0.1) is 0 Å². The monoisotopic (exact) mass is 551 g/mol. The van der Waals surface area contributed by atoms with Crippen LogP contribution in [0.5, 0.6) is 0 Å². The number of carbonyl (C=O) groups is 3. The highest BCUT2D eigenvalue weighted by molar-refractivity contribution is 6.15. The molecule has 39 heavy (non-hydrogen) atoms. The minimum Gasteiger partial charge on any atom is -0.354 e. The van der Waals surface area contributed by atoms with Crippen LogP contribution < -0.4 is 20.8 Å². The molecule has 0 unspecified atom stereocenters. The number of carbonyl (C=O) groups excluding carboxylic acids is 3. The maximum Gasteiger partial charge on any atom is 0.242 e. The molecule has 3 aromatic rings. The van der Waals surface area contributed by atoms with Gasteiger partial charge in [-0.05, 0) is 74.0 Å². The Morgan fingerprint density at radius 2 is 1.46 bits per heavy atom. The van der Waals surface area contributed by atoms with Crippen molar-refractivity contribution in [2.45, 2.75) is 45.4 Å². The van der Waals surface area contributed by atoms with Crippen molar-refractivity contribution in [3.63, 3.8) is 0 Å². The van der Waals surface area contributed by atoms with Crippen LogP contribution >= 0.6 is 11.8 Å². The van der Waals surface area contributed by atoms with Crippen LogP contribution in [0.3, 0.4) is 0 Å². The van der Waals surface area contributed by atoms with E-state index in [0.717, 1.165) is 17.0 Å². The highest BCUT2D eigenvalue weighted by atomic mass is 35.5. The van der Waals surface area contributed by atoms with Crippen LogP contribution in [0.4, 0.5) is 5.69 Å². The first kappa shape index (κ1) is 29.7. The summed E-state index contributed by atoms with van der Waals surface area (Å²) in [4.78, 5) is 50.0. The molecule has 0 bridgehead atoms. The van der Waals surface area contributed by atoms with Gasteiger partial charge in [0.1, 0.15) is 6.04 Å². The third-order valence-electron chi connectivity index (χ3n) is 5.85. The van der Waals surface area contributed by atoms with Crippen molar-refractivity contribution in [3.05, 3.63) is 90.0 Å². The minimum atomic E-state index is -0.683. The molecule has 0 aliphatic carbocycles. The molecule has 0 spiro atoms. The summed E-state index contributed by atoms with van der Waals surface area (Å²) >= 11 is 5.44. The Balaban J connectivity index is 1.47. The summed E-state index contributed by atoms with van der Waals surface area (Å²) in [6.45, 7) is 4.82. The standard InChI is InChI=1S/C28H34ClN7O3/c1-20(33-28(39)21(2)35-29)27(38)32-16-13-22-9-11-23(12-10-22)34-26(37)19-36(17-24-7-3-5-14-30-24)18-25-8-4-6-15-31-25/h3-12,14-15,20-21,35H,13,16-19H2,1-2H3,(H,32,38)(H,33,39)(H,34,37)/t20-,21-/m1/s1. The van der Waals surface area contributed by atoms with Gasteiger partial charge in [0.15, 0.2) is 0 Å². The Labute approximate surface area is 233 Å². The van der Waals surface area contributed by atoms with E-state index in [0.29, 0.717) is 31.7 Å². The molecule has 0 fully saturated rings. The fourth-order valence-electron chi connectivity index (χ4n) is 3.70. The van der Waals surface area contributed by atoms with Gasteiger partial charge in [0.2, 0.25) is 17.7 Å². The van der Waals surface area contributed by atoms with Gasteiger partial charge in [-0.25, -0.2) is 4.84 Å². The zero-order valence-electron chi connectivity index (χ0n) is 22.1. The van der Waals surface area contributed by atoms with Gasteiger partial charge in [-0.2, -0.15) is 0 Å². The average Bonchev–Trinajstić information content (AvgIpc) is 2.94. The summed E-state index contributed by atoms with van der Waals surface area (Å²) in [5.41, 5.74) is 3.42. The van der Waals surface area contributed by atoms with E-state index >= 15 is 0 Å². The Kier molecular flexibility index (Phi) is 11.8. The second kappa shape index (κ2) is 15.5. The quantitative estimate of drug-likeness (QED) is 0.226. The zero-order chi connectivity index (χ0) is 28.0. The molecule has 0 saturated heterocycles. The van der Waals surface area contributed by atoms with Crippen LogP contribution in [-0.2, 0) is 33.9 Å². The first-order chi connectivity index (χ1) is 18.8. The maximum absolute atomic E-state index is 12.9. The van der Waals surface area contributed by atoms with Crippen LogP contribution in [-0.4, -0.2) is 57.8 Å². The number of anilines is 1. The molecule has 0 aliphatic rings. The Bertz CT molecular complexity index is 1160. The van der Waals surface area contributed by atoms with E-state index in [1.165, 1.54) is 0 Å². The molecule has 11 heteroatoms. The van der Waals surface area contributed by atoms with E-state index in [1.807, 2.05) is 65.6 Å². The summed E-state index contributed by atoms with van der Waals surface area (Å²) in [6, 6.07) is 17.6. The highest BCUT2D eigenvalue weighted by Gasteiger charge is 2.19. The first-order valence-electron chi connectivity index (χ1n) is 12.7. The molecular formula is C28H34ClN7O3. The van der Waals surface area contributed by atoms with Crippen molar-refractivity contribution in [2.24, 2.45) is 0 Å². The van der Waals surface area contributed by atoms with Crippen LogP contribution in [0.2, 0.25) is 0 Å². The van der Waals surface area contributed by atoms with Crippen LogP contribution in [0.1, 0.15) is 30.8 Å². The lowest BCUT2D eigenvalue weighted by Gasteiger charge is -2.21. The van der Waals surface area contributed by atoms with Gasteiger partial charge in [-0.15, -0.1) is 0 Å². The minimum absolute atomic E-state index is 0.142. The van der Waals surface area contributed by atoms with E-state index in [1.54, 1.807) is 26.2 Å². The fraction of sp³-hybridized carbons (Fsp3) is 0.321. The molecule has 3 rings (SSSR count). The number of hydrogen-bond donors (Lipinski definition) is 4. The molecule has 10 nitrogen and oxygen atoms in total. The molecule has 1 aromatic carbocycles. The number of aromatic nitrogens is 2. The Hall–Kier alpha value is -3.86. The topological polar surface area (TPSA) is 128 Å². The predicted octanol–water partition coefficient (Wildman–Crippen LogP) is 2.41. The number of nitrogens with zero attached hydrogens (tertiary/aromatic N) is 3. The van der Waals surface area contributed by atoms with Gasteiger partial charge >= 0.3 is 0 Å². The molecule has 4 N–H and O–H groups in total. The van der Waals surface area contributed by atoms with E-state index in [-0.39, 0.29) is 24.3 Å². The van der Waals surface area contributed by atoms with E-state index in [9.17, 15) is 14.4 Å². The summed E-state index contributed by atoms with van der Waals surface area (Å²) in [7, 11) is 0. The van der Waals surface area contributed by atoms with Crippen molar-refractivity contribution in [1.82, 2.24) is 30.3 Å². The molecule has 2 aromatic heterocycles. The van der Waals surface area contributed by atoms with E-state index in [4.69, 9.17) is 11.8 Å². The number of benzene rings is 1. The van der Waals surface area contributed by atoms with E-state index < -0.39 is 12.1 Å².